The standard InChI is InChI=1S/C17H27NO3S/c1-6-17(4,5)15-7-9-16(10-8-15)22(19,20)18-11-13(2)21-14(3)12-18/h7-10,13-14H,6,11-12H2,1-5H3/t13-,14+. The van der Waals surface area contributed by atoms with E-state index in [1.165, 1.54) is 4.31 Å². The Morgan fingerprint density at radius 3 is 2.09 bits per heavy atom. The molecule has 1 fully saturated rings. The van der Waals surface area contributed by atoms with Gasteiger partial charge in [0, 0.05) is 13.1 Å². The van der Waals surface area contributed by atoms with Crippen molar-refractivity contribution >= 4 is 10.0 Å². The van der Waals surface area contributed by atoms with Gasteiger partial charge in [-0.1, -0.05) is 32.9 Å². The average molecular weight is 325 g/mol. The van der Waals surface area contributed by atoms with Crippen LogP contribution >= 0.6 is 0 Å². The Morgan fingerprint density at radius 2 is 1.64 bits per heavy atom. The highest BCUT2D eigenvalue weighted by Gasteiger charge is 2.32. The molecule has 0 spiro atoms. The van der Waals surface area contributed by atoms with Crippen molar-refractivity contribution in [1.82, 2.24) is 4.31 Å². The summed E-state index contributed by atoms with van der Waals surface area (Å²) in [6, 6.07) is 7.33. The molecule has 0 amide bonds. The third-order valence-electron chi connectivity index (χ3n) is 4.54. The first-order valence-electron chi connectivity index (χ1n) is 7.93. The van der Waals surface area contributed by atoms with Gasteiger partial charge >= 0.3 is 0 Å². The first-order valence-corrected chi connectivity index (χ1v) is 9.37. The van der Waals surface area contributed by atoms with Gasteiger partial charge < -0.3 is 4.74 Å². The van der Waals surface area contributed by atoms with E-state index in [1.54, 1.807) is 12.1 Å². The Bertz CT molecular complexity index is 597. The molecule has 0 saturated carbocycles. The van der Waals surface area contributed by atoms with E-state index in [4.69, 9.17) is 4.74 Å². The van der Waals surface area contributed by atoms with E-state index in [9.17, 15) is 8.42 Å². The minimum absolute atomic E-state index is 0.0598. The highest BCUT2D eigenvalue weighted by Crippen LogP contribution is 2.28. The second-order valence-electron chi connectivity index (χ2n) is 6.84. The fraction of sp³-hybridized carbons (Fsp3) is 0.647. The van der Waals surface area contributed by atoms with Crippen LogP contribution in [0.15, 0.2) is 29.2 Å². The zero-order chi connectivity index (χ0) is 16.5. The summed E-state index contributed by atoms with van der Waals surface area (Å²) >= 11 is 0. The Hall–Kier alpha value is -0.910. The van der Waals surface area contributed by atoms with Gasteiger partial charge in [-0.15, -0.1) is 0 Å². The fourth-order valence-corrected chi connectivity index (χ4v) is 4.35. The number of benzene rings is 1. The highest BCUT2D eigenvalue weighted by atomic mass is 32.2. The molecule has 0 bridgehead atoms. The van der Waals surface area contributed by atoms with Crippen molar-refractivity contribution in [2.45, 2.75) is 63.6 Å². The number of rotatable bonds is 4. The molecule has 5 heteroatoms. The predicted molar refractivity (Wildman–Crippen MR) is 88.5 cm³/mol. The zero-order valence-electron chi connectivity index (χ0n) is 14.2. The second-order valence-corrected chi connectivity index (χ2v) is 8.78. The van der Waals surface area contributed by atoms with E-state index in [1.807, 2.05) is 26.0 Å². The van der Waals surface area contributed by atoms with Crippen molar-refractivity contribution < 1.29 is 13.2 Å². The third kappa shape index (κ3) is 3.53. The van der Waals surface area contributed by atoms with E-state index in [-0.39, 0.29) is 17.6 Å². The van der Waals surface area contributed by atoms with Gasteiger partial charge in [-0.25, -0.2) is 8.42 Å². The molecule has 0 unspecified atom stereocenters. The van der Waals surface area contributed by atoms with Gasteiger partial charge in [-0.2, -0.15) is 4.31 Å². The van der Waals surface area contributed by atoms with Crippen molar-refractivity contribution in [2.75, 3.05) is 13.1 Å². The quantitative estimate of drug-likeness (QED) is 0.854. The van der Waals surface area contributed by atoms with Gasteiger partial charge in [0.25, 0.3) is 0 Å². The van der Waals surface area contributed by atoms with Gasteiger partial charge in [0.2, 0.25) is 10.0 Å². The molecule has 1 aliphatic heterocycles. The molecule has 1 saturated heterocycles. The summed E-state index contributed by atoms with van der Waals surface area (Å²) in [5.41, 5.74) is 1.22. The molecule has 124 valence electrons. The van der Waals surface area contributed by atoms with E-state index < -0.39 is 10.0 Å². The lowest BCUT2D eigenvalue weighted by atomic mass is 9.82. The zero-order valence-corrected chi connectivity index (χ0v) is 15.0. The highest BCUT2D eigenvalue weighted by molar-refractivity contribution is 7.89. The van der Waals surface area contributed by atoms with E-state index >= 15 is 0 Å². The minimum atomic E-state index is -3.44. The lowest BCUT2D eigenvalue weighted by Crippen LogP contribution is -2.48. The summed E-state index contributed by atoms with van der Waals surface area (Å²) in [7, 11) is -3.44. The first-order chi connectivity index (χ1) is 10.2. The molecule has 2 rings (SSSR count). The second kappa shape index (κ2) is 6.30. The summed E-state index contributed by atoms with van der Waals surface area (Å²) in [4.78, 5) is 0.365. The molecule has 0 N–H and O–H groups in total. The number of hydrogen-bond donors (Lipinski definition) is 0. The molecule has 1 heterocycles. The Kier molecular flexibility index (Phi) is 5.00. The van der Waals surface area contributed by atoms with Crippen molar-refractivity contribution in [3.05, 3.63) is 29.8 Å². The Morgan fingerprint density at radius 1 is 1.14 bits per heavy atom. The molecule has 1 aromatic carbocycles. The van der Waals surface area contributed by atoms with Gasteiger partial charge in [0.1, 0.15) is 0 Å². The summed E-state index contributed by atoms with van der Waals surface area (Å²) in [5.74, 6) is 0. The maximum Gasteiger partial charge on any atom is 0.243 e. The van der Waals surface area contributed by atoms with Crippen molar-refractivity contribution in [3.8, 4) is 0 Å². The fourth-order valence-electron chi connectivity index (χ4n) is 2.76. The maximum atomic E-state index is 12.8. The van der Waals surface area contributed by atoms with E-state index in [2.05, 4.69) is 20.8 Å². The SMILES string of the molecule is CCC(C)(C)c1ccc(S(=O)(=O)N2C[C@@H](C)O[C@@H](C)C2)cc1. The van der Waals surface area contributed by atoms with Gasteiger partial charge in [0.05, 0.1) is 17.1 Å². The Balaban J connectivity index is 2.26. The van der Waals surface area contributed by atoms with Gasteiger partial charge in [0.15, 0.2) is 0 Å². The minimum Gasteiger partial charge on any atom is -0.373 e. The van der Waals surface area contributed by atoms with E-state index in [0.717, 1.165) is 12.0 Å². The van der Waals surface area contributed by atoms with Crippen molar-refractivity contribution in [1.29, 1.82) is 0 Å². The molecule has 0 radical (unpaired) electrons. The number of morpholine rings is 1. The number of sulfonamides is 1. The molecule has 2 atom stereocenters. The molecular weight excluding hydrogens is 298 g/mol. The van der Waals surface area contributed by atoms with Crippen LogP contribution in [-0.2, 0) is 20.2 Å². The summed E-state index contributed by atoms with van der Waals surface area (Å²) in [5, 5.41) is 0. The van der Waals surface area contributed by atoms with Crippen LogP contribution in [0.2, 0.25) is 0 Å². The first kappa shape index (κ1) is 17.4. The van der Waals surface area contributed by atoms with Gasteiger partial charge in [-0.05, 0) is 43.4 Å². The van der Waals surface area contributed by atoms with Gasteiger partial charge in [-0.3, -0.25) is 0 Å². The Labute approximate surface area is 134 Å². The van der Waals surface area contributed by atoms with Crippen LogP contribution < -0.4 is 0 Å². The monoisotopic (exact) mass is 325 g/mol. The topological polar surface area (TPSA) is 46.6 Å². The normalized spacial score (nSPS) is 24.4. The van der Waals surface area contributed by atoms with Crippen LogP contribution in [-0.4, -0.2) is 38.0 Å². The summed E-state index contributed by atoms with van der Waals surface area (Å²) in [6.45, 7) is 11.1. The summed E-state index contributed by atoms with van der Waals surface area (Å²) < 4.78 is 32.7. The smallest absolute Gasteiger partial charge is 0.243 e. The van der Waals surface area contributed by atoms with Crippen molar-refractivity contribution in [3.63, 3.8) is 0 Å². The van der Waals surface area contributed by atoms with Crippen LogP contribution in [0.5, 0.6) is 0 Å². The number of nitrogens with zero attached hydrogens (tertiary/aromatic N) is 1. The predicted octanol–water partition coefficient (Wildman–Crippen LogP) is 3.17. The third-order valence-corrected chi connectivity index (χ3v) is 6.39. The molecule has 1 aromatic rings. The number of hydrogen-bond acceptors (Lipinski definition) is 3. The lowest BCUT2D eigenvalue weighted by molar-refractivity contribution is -0.0440. The molecule has 4 nitrogen and oxygen atoms in total. The van der Waals surface area contributed by atoms with E-state index in [0.29, 0.717) is 18.0 Å². The molecular formula is C17H27NO3S. The summed E-state index contributed by atoms with van der Waals surface area (Å²) in [6.07, 6.45) is 0.867. The van der Waals surface area contributed by atoms with Crippen LogP contribution in [0.3, 0.4) is 0 Å². The molecule has 1 aliphatic rings. The average Bonchev–Trinajstić information content (AvgIpc) is 2.46. The number of ether oxygens (including phenoxy) is 1. The molecule has 0 aliphatic carbocycles. The van der Waals surface area contributed by atoms with Crippen LogP contribution in [0.25, 0.3) is 0 Å². The largest absolute Gasteiger partial charge is 0.373 e. The van der Waals surface area contributed by atoms with Crippen LogP contribution in [0, 0.1) is 0 Å². The lowest BCUT2D eigenvalue weighted by Gasteiger charge is -2.34. The molecule has 0 aromatic heterocycles. The maximum absolute atomic E-state index is 12.8. The van der Waals surface area contributed by atoms with Crippen molar-refractivity contribution in [2.24, 2.45) is 0 Å². The van der Waals surface area contributed by atoms with Crippen LogP contribution in [0.1, 0.15) is 46.6 Å². The van der Waals surface area contributed by atoms with Crippen LogP contribution in [0.4, 0.5) is 0 Å². The molecule has 22 heavy (non-hydrogen) atoms.